The molecule has 7 nitrogen and oxygen atoms in total. The van der Waals surface area contributed by atoms with Gasteiger partial charge in [0.2, 0.25) is 5.79 Å². The van der Waals surface area contributed by atoms with Crippen molar-refractivity contribution >= 4 is 11.6 Å². The molecule has 1 fully saturated rings. The molecule has 7 heteroatoms. The lowest BCUT2D eigenvalue weighted by molar-refractivity contribution is -0.313. The van der Waals surface area contributed by atoms with Gasteiger partial charge in [-0.05, 0) is 59.3 Å². The highest BCUT2D eigenvalue weighted by molar-refractivity contribution is 6.08. The first kappa shape index (κ1) is 22.2. The van der Waals surface area contributed by atoms with E-state index in [9.17, 15) is 30.0 Å². The molecular weight excluding hydrogens is 388 g/mol. The molecule has 2 aliphatic carbocycles. The second-order valence-electron chi connectivity index (χ2n) is 8.74. The smallest absolute Gasteiger partial charge is 0.213 e. The van der Waals surface area contributed by atoms with E-state index in [4.69, 9.17) is 4.74 Å². The quantitative estimate of drug-likeness (QED) is 0.403. The Kier molecular flexibility index (Phi) is 4.82. The van der Waals surface area contributed by atoms with Gasteiger partial charge in [-0.15, -0.1) is 0 Å². The van der Waals surface area contributed by atoms with Crippen LogP contribution >= 0.6 is 0 Å². The van der Waals surface area contributed by atoms with Crippen LogP contribution in [0.1, 0.15) is 41.5 Å². The number of hydrogen-bond acceptors (Lipinski definition) is 7. The van der Waals surface area contributed by atoms with Gasteiger partial charge in [-0.1, -0.05) is 18.2 Å². The molecule has 0 aromatic rings. The third-order valence-electron chi connectivity index (χ3n) is 7.00. The van der Waals surface area contributed by atoms with Crippen LogP contribution in [-0.4, -0.2) is 49.0 Å². The molecule has 0 saturated carbocycles. The van der Waals surface area contributed by atoms with Gasteiger partial charge in [-0.2, -0.15) is 0 Å². The molecule has 0 aromatic heterocycles. The van der Waals surface area contributed by atoms with Crippen LogP contribution in [0.2, 0.25) is 0 Å². The highest BCUT2D eigenvalue weighted by Gasteiger charge is 2.80. The summed E-state index contributed by atoms with van der Waals surface area (Å²) >= 11 is 0. The van der Waals surface area contributed by atoms with Crippen LogP contribution in [0.5, 0.6) is 0 Å². The summed E-state index contributed by atoms with van der Waals surface area (Å²) in [5.74, 6) is -5.80. The van der Waals surface area contributed by atoms with E-state index in [1.54, 1.807) is 19.1 Å². The third-order valence-corrected chi connectivity index (χ3v) is 7.00. The summed E-state index contributed by atoms with van der Waals surface area (Å²) in [6, 6.07) is 0. The topological polar surface area (TPSA) is 124 Å². The first-order valence-corrected chi connectivity index (χ1v) is 9.77. The number of allylic oxidation sites excluding steroid dienone is 6. The molecule has 0 amide bonds. The van der Waals surface area contributed by atoms with Gasteiger partial charge in [-0.3, -0.25) is 9.59 Å². The molecule has 0 aromatic carbocycles. The Morgan fingerprint density at radius 3 is 2.30 bits per heavy atom. The largest absolute Gasteiger partial charge is 0.508 e. The van der Waals surface area contributed by atoms with E-state index in [0.29, 0.717) is 0 Å². The summed E-state index contributed by atoms with van der Waals surface area (Å²) in [7, 11) is 0. The highest BCUT2D eigenvalue weighted by Crippen LogP contribution is 2.66. The minimum absolute atomic E-state index is 0.0719. The zero-order chi connectivity index (χ0) is 22.9. The monoisotopic (exact) mass is 416 g/mol. The first-order valence-electron chi connectivity index (χ1n) is 9.77. The number of rotatable bonds is 2. The maximum absolute atomic E-state index is 13.3. The second-order valence-corrected chi connectivity index (χ2v) is 8.74. The SMILES string of the molecule is C/C=C/C=C/C(O)=C1/C(O)=C(C)C(=O)[C@@]2(C)O[C@]3(O)[C@@](C)(C(=O)C=C(C)[C@@]3(C)O)[C@@H]12. The van der Waals surface area contributed by atoms with Gasteiger partial charge in [0.05, 0.1) is 5.41 Å². The molecule has 0 radical (unpaired) electrons. The maximum Gasteiger partial charge on any atom is 0.213 e. The number of ketones is 2. The molecule has 5 atom stereocenters. The van der Waals surface area contributed by atoms with Crippen LogP contribution in [0.25, 0.3) is 0 Å². The van der Waals surface area contributed by atoms with Crippen LogP contribution in [0.4, 0.5) is 0 Å². The molecule has 162 valence electrons. The molecule has 0 unspecified atom stereocenters. The Labute approximate surface area is 175 Å². The zero-order valence-electron chi connectivity index (χ0n) is 18.0. The van der Waals surface area contributed by atoms with Crippen molar-refractivity contribution in [2.75, 3.05) is 0 Å². The van der Waals surface area contributed by atoms with E-state index in [1.807, 2.05) is 0 Å². The standard InChI is InChI=1S/C23H28O7/c1-7-8-9-10-14(24)16-17(26)13(3)19(27)21(5)18(16)20(4)15(25)11-12(2)22(6,28)23(20,29)30-21/h7-11,18,24,26,28-29H,1-6H3/b8-7+,10-9+,16-14+/t18-,20+,21+,22-,23-/m1/s1. The lowest BCUT2D eigenvalue weighted by Crippen LogP contribution is -2.66. The minimum Gasteiger partial charge on any atom is -0.508 e. The lowest BCUT2D eigenvalue weighted by atomic mass is 9.54. The van der Waals surface area contributed by atoms with Crippen molar-refractivity contribution in [1.82, 2.24) is 0 Å². The average molecular weight is 416 g/mol. The van der Waals surface area contributed by atoms with Gasteiger partial charge in [0, 0.05) is 17.1 Å². The molecule has 1 heterocycles. The molecule has 3 aliphatic rings. The summed E-state index contributed by atoms with van der Waals surface area (Å²) in [4.78, 5) is 26.4. The van der Waals surface area contributed by atoms with Crippen LogP contribution in [0, 0.1) is 11.3 Å². The van der Waals surface area contributed by atoms with E-state index >= 15 is 0 Å². The number of aliphatic hydroxyl groups is 4. The highest BCUT2D eigenvalue weighted by atomic mass is 16.7. The number of ether oxygens (including phenoxy) is 1. The van der Waals surface area contributed by atoms with Gasteiger partial charge in [0.15, 0.2) is 11.6 Å². The predicted octanol–water partition coefficient (Wildman–Crippen LogP) is 2.73. The fourth-order valence-electron chi connectivity index (χ4n) is 5.06. The van der Waals surface area contributed by atoms with Crippen molar-refractivity contribution < 1.29 is 34.8 Å². The summed E-state index contributed by atoms with van der Waals surface area (Å²) in [6.07, 6.45) is 7.45. The van der Waals surface area contributed by atoms with Gasteiger partial charge >= 0.3 is 0 Å². The van der Waals surface area contributed by atoms with Crippen LogP contribution < -0.4 is 0 Å². The normalized spacial score (nSPS) is 43.3. The summed E-state index contributed by atoms with van der Waals surface area (Å²) in [6.45, 7) is 8.75. The lowest BCUT2D eigenvalue weighted by Gasteiger charge is -2.50. The fourth-order valence-corrected chi connectivity index (χ4v) is 5.06. The summed E-state index contributed by atoms with van der Waals surface area (Å²) in [5.41, 5.74) is -5.66. The van der Waals surface area contributed by atoms with Crippen LogP contribution in [-0.2, 0) is 14.3 Å². The molecule has 0 spiro atoms. The number of Topliss-reactive ketones (excluding diaryl/α,β-unsaturated/α-hetero) is 1. The van der Waals surface area contributed by atoms with Crippen LogP contribution in [0.3, 0.4) is 0 Å². The van der Waals surface area contributed by atoms with E-state index in [-0.39, 0.29) is 22.5 Å². The zero-order valence-corrected chi connectivity index (χ0v) is 18.0. The Morgan fingerprint density at radius 2 is 1.73 bits per heavy atom. The molecule has 0 bridgehead atoms. The van der Waals surface area contributed by atoms with Crippen molar-refractivity contribution in [3.05, 3.63) is 58.6 Å². The second kappa shape index (κ2) is 6.51. The molecule has 1 aliphatic heterocycles. The Hall–Kier alpha value is -2.48. The van der Waals surface area contributed by atoms with E-state index < -0.39 is 45.6 Å². The van der Waals surface area contributed by atoms with Gasteiger partial charge < -0.3 is 25.2 Å². The Morgan fingerprint density at radius 1 is 1.13 bits per heavy atom. The average Bonchev–Trinajstić information content (AvgIpc) is 2.86. The van der Waals surface area contributed by atoms with Crippen molar-refractivity contribution in [2.45, 2.75) is 58.5 Å². The minimum atomic E-state index is -2.48. The molecular formula is C23H28O7. The third kappa shape index (κ3) is 2.37. The van der Waals surface area contributed by atoms with E-state index in [0.717, 1.165) is 0 Å². The molecule has 4 N–H and O–H groups in total. The van der Waals surface area contributed by atoms with Gasteiger partial charge in [0.25, 0.3) is 0 Å². The Balaban J connectivity index is 2.42. The first-order chi connectivity index (χ1) is 13.7. The predicted molar refractivity (Wildman–Crippen MR) is 109 cm³/mol. The van der Waals surface area contributed by atoms with Crippen molar-refractivity contribution in [1.29, 1.82) is 0 Å². The molecule has 30 heavy (non-hydrogen) atoms. The summed E-state index contributed by atoms with van der Waals surface area (Å²) in [5, 5.41) is 44.4. The number of carbonyl (C=O) groups is 2. The van der Waals surface area contributed by atoms with Crippen molar-refractivity contribution in [2.24, 2.45) is 11.3 Å². The van der Waals surface area contributed by atoms with E-state index in [2.05, 4.69) is 0 Å². The number of hydrogen-bond donors (Lipinski definition) is 4. The van der Waals surface area contributed by atoms with Gasteiger partial charge in [0.1, 0.15) is 22.7 Å². The van der Waals surface area contributed by atoms with Crippen LogP contribution in [0.15, 0.2) is 58.6 Å². The van der Waals surface area contributed by atoms with Gasteiger partial charge in [-0.25, -0.2) is 0 Å². The number of fused-ring (bicyclic) bond motifs is 3. The summed E-state index contributed by atoms with van der Waals surface area (Å²) < 4.78 is 5.91. The number of carbonyl (C=O) groups excluding carboxylic acids is 2. The maximum atomic E-state index is 13.3. The molecule has 1 saturated heterocycles. The van der Waals surface area contributed by atoms with E-state index in [1.165, 1.54) is 52.8 Å². The number of aliphatic hydroxyl groups excluding tert-OH is 2. The Bertz CT molecular complexity index is 993. The fraction of sp³-hybridized carbons (Fsp3) is 0.478. The van der Waals surface area contributed by atoms with Crippen molar-refractivity contribution in [3.8, 4) is 0 Å². The molecule has 3 rings (SSSR count). The van der Waals surface area contributed by atoms with Crippen molar-refractivity contribution in [3.63, 3.8) is 0 Å².